The highest BCUT2D eigenvalue weighted by Crippen LogP contribution is 2.28. The third kappa shape index (κ3) is 7.29. The molecule has 0 fully saturated rings. The van der Waals surface area contributed by atoms with Gasteiger partial charge in [0.25, 0.3) is 0 Å². The number of hydrogen-bond acceptors (Lipinski definition) is 4. The topological polar surface area (TPSA) is 105 Å². The highest BCUT2D eigenvalue weighted by atomic mass is 16.5. The fourth-order valence-corrected chi connectivity index (χ4v) is 2.99. The van der Waals surface area contributed by atoms with Crippen LogP contribution in [0.5, 0.6) is 5.75 Å². The minimum Gasteiger partial charge on any atom is -0.494 e. The Morgan fingerprint density at radius 2 is 1.86 bits per heavy atom. The number of hydrogen-bond donors (Lipinski definition) is 3. The van der Waals surface area contributed by atoms with E-state index in [0.717, 1.165) is 11.1 Å². The van der Waals surface area contributed by atoms with Crippen LogP contribution in [0.3, 0.4) is 0 Å². The summed E-state index contributed by atoms with van der Waals surface area (Å²) in [7, 11) is 0. The Morgan fingerprint density at radius 1 is 1.10 bits per heavy atom. The molecular weight excluding hydrogens is 372 g/mol. The average Bonchev–Trinajstić information content (AvgIpc) is 2.66. The van der Waals surface area contributed by atoms with Crippen LogP contribution in [0.25, 0.3) is 0 Å². The zero-order chi connectivity index (χ0) is 21.2. The predicted molar refractivity (Wildman–Crippen MR) is 110 cm³/mol. The van der Waals surface area contributed by atoms with Crippen LogP contribution in [-0.2, 0) is 20.8 Å². The van der Waals surface area contributed by atoms with Crippen LogP contribution in [0.4, 0.5) is 5.69 Å². The van der Waals surface area contributed by atoms with Gasteiger partial charge < -0.3 is 20.5 Å². The van der Waals surface area contributed by atoms with Gasteiger partial charge in [0.15, 0.2) is 0 Å². The largest absolute Gasteiger partial charge is 0.494 e. The Hall–Kier alpha value is -3.35. The van der Waals surface area contributed by atoms with Crippen LogP contribution in [0, 0.1) is 0 Å². The molecule has 29 heavy (non-hydrogen) atoms. The van der Waals surface area contributed by atoms with Crippen LogP contribution in [-0.4, -0.2) is 29.5 Å². The molecule has 3 N–H and O–H groups in total. The van der Waals surface area contributed by atoms with Crippen LogP contribution >= 0.6 is 0 Å². The quantitative estimate of drug-likeness (QED) is 0.569. The van der Waals surface area contributed by atoms with Crippen LogP contribution in [0.1, 0.15) is 43.9 Å². The Morgan fingerprint density at radius 3 is 2.55 bits per heavy atom. The molecule has 0 heterocycles. The number of para-hydroxylation sites is 1. The van der Waals surface area contributed by atoms with E-state index in [9.17, 15) is 14.4 Å². The summed E-state index contributed by atoms with van der Waals surface area (Å²) in [4.78, 5) is 35.0. The number of carboxylic acids is 1. The molecule has 0 saturated heterocycles. The number of aryl methyl sites for hydroxylation is 1. The maximum absolute atomic E-state index is 12.6. The van der Waals surface area contributed by atoms with E-state index in [-0.39, 0.29) is 24.7 Å². The van der Waals surface area contributed by atoms with E-state index in [1.807, 2.05) is 31.2 Å². The smallest absolute Gasteiger partial charge is 0.303 e. The lowest BCUT2D eigenvalue weighted by Gasteiger charge is -2.21. The molecule has 7 nitrogen and oxygen atoms in total. The molecule has 1 unspecified atom stereocenters. The SMILES string of the molecule is CCOc1ccccc1C(CC(=O)Nc1cccc(CCC(=O)O)c1)NC(C)=O. The highest BCUT2D eigenvalue weighted by Gasteiger charge is 2.20. The van der Waals surface area contributed by atoms with Crippen molar-refractivity contribution >= 4 is 23.5 Å². The van der Waals surface area contributed by atoms with E-state index in [4.69, 9.17) is 9.84 Å². The number of nitrogens with one attached hydrogen (secondary N) is 2. The lowest BCUT2D eigenvalue weighted by atomic mass is 10.0. The van der Waals surface area contributed by atoms with Gasteiger partial charge in [-0.05, 0) is 37.1 Å². The normalized spacial score (nSPS) is 11.4. The van der Waals surface area contributed by atoms with Gasteiger partial charge in [0.05, 0.1) is 19.1 Å². The van der Waals surface area contributed by atoms with Crippen molar-refractivity contribution in [3.63, 3.8) is 0 Å². The number of anilines is 1. The van der Waals surface area contributed by atoms with E-state index in [1.54, 1.807) is 24.3 Å². The van der Waals surface area contributed by atoms with Crippen LogP contribution in [0.2, 0.25) is 0 Å². The van der Waals surface area contributed by atoms with Crippen molar-refractivity contribution in [3.05, 3.63) is 59.7 Å². The summed E-state index contributed by atoms with van der Waals surface area (Å²) in [5.41, 5.74) is 2.14. The van der Waals surface area contributed by atoms with Gasteiger partial charge in [-0.2, -0.15) is 0 Å². The number of benzene rings is 2. The van der Waals surface area contributed by atoms with Crippen molar-refractivity contribution < 1.29 is 24.2 Å². The first-order valence-electron chi connectivity index (χ1n) is 9.48. The van der Waals surface area contributed by atoms with Crippen molar-refractivity contribution in [1.82, 2.24) is 5.32 Å². The van der Waals surface area contributed by atoms with Gasteiger partial charge in [-0.3, -0.25) is 14.4 Å². The first-order chi connectivity index (χ1) is 13.9. The average molecular weight is 398 g/mol. The first kappa shape index (κ1) is 21.9. The number of rotatable bonds is 10. The third-order valence-corrected chi connectivity index (χ3v) is 4.20. The molecule has 154 valence electrons. The molecule has 0 spiro atoms. The molecule has 0 bridgehead atoms. The maximum atomic E-state index is 12.6. The lowest BCUT2D eigenvalue weighted by molar-refractivity contribution is -0.137. The van der Waals surface area contributed by atoms with E-state index in [0.29, 0.717) is 24.5 Å². The lowest BCUT2D eigenvalue weighted by Crippen LogP contribution is -2.30. The van der Waals surface area contributed by atoms with Crippen molar-refractivity contribution in [2.75, 3.05) is 11.9 Å². The zero-order valence-corrected chi connectivity index (χ0v) is 16.6. The fraction of sp³-hybridized carbons (Fsp3) is 0.318. The summed E-state index contributed by atoms with van der Waals surface area (Å²) in [6, 6.07) is 13.8. The number of amides is 2. The minimum atomic E-state index is -0.870. The summed E-state index contributed by atoms with van der Waals surface area (Å²) in [5, 5.41) is 14.4. The number of carbonyl (C=O) groups is 3. The molecule has 0 aliphatic heterocycles. The minimum absolute atomic E-state index is 0.0240. The Bertz CT molecular complexity index is 866. The predicted octanol–water partition coefficient (Wildman–Crippen LogP) is 3.31. The monoisotopic (exact) mass is 398 g/mol. The number of aliphatic carboxylic acids is 1. The molecule has 2 rings (SSSR count). The van der Waals surface area contributed by atoms with E-state index in [2.05, 4.69) is 10.6 Å². The molecule has 0 aromatic heterocycles. The third-order valence-electron chi connectivity index (χ3n) is 4.20. The molecule has 2 aromatic rings. The second-order valence-corrected chi connectivity index (χ2v) is 6.57. The van der Waals surface area contributed by atoms with E-state index < -0.39 is 12.0 Å². The van der Waals surface area contributed by atoms with E-state index in [1.165, 1.54) is 6.92 Å². The second kappa shape index (κ2) is 10.8. The van der Waals surface area contributed by atoms with Gasteiger partial charge in [-0.15, -0.1) is 0 Å². The summed E-state index contributed by atoms with van der Waals surface area (Å²) in [5.74, 6) is -0.766. The van der Waals surface area contributed by atoms with Crippen LogP contribution in [0.15, 0.2) is 48.5 Å². The van der Waals surface area contributed by atoms with Gasteiger partial charge in [0.2, 0.25) is 11.8 Å². The number of carbonyl (C=O) groups excluding carboxylic acids is 2. The van der Waals surface area contributed by atoms with Crippen molar-refractivity contribution in [2.24, 2.45) is 0 Å². The molecular formula is C22H26N2O5. The molecule has 0 aliphatic rings. The van der Waals surface area contributed by atoms with E-state index >= 15 is 0 Å². The highest BCUT2D eigenvalue weighted by molar-refractivity contribution is 5.91. The molecule has 0 saturated carbocycles. The maximum Gasteiger partial charge on any atom is 0.303 e. The number of ether oxygens (including phenoxy) is 1. The van der Waals surface area contributed by atoms with Crippen molar-refractivity contribution in [1.29, 1.82) is 0 Å². The summed E-state index contributed by atoms with van der Waals surface area (Å²) in [6.45, 7) is 3.74. The Kier molecular flexibility index (Phi) is 8.21. The van der Waals surface area contributed by atoms with Crippen molar-refractivity contribution in [2.45, 2.75) is 39.2 Å². The van der Waals surface area contributed by atoms with Crippen molar-refractivity contribution in [3.8, 4) is 5.75 Å². The Labute approximate surface area is 170 Å². The molecule has 2 aromatic carbocycles. The molecule has 2 amide bonds. The molecule has 0 aliphatic carbocycles. The van der Waals surface area contributed by atoms with Gasteiger partial charge >= 0.3 is 5.97 Å². The molecule has 0 radical (unpaired) electrons. The van der Waals surface area contributed by atoms with Gasteiger partial charge in [0.1, 0.15) is 5.75 Å². The first-order valence-corrected chi connectivity index (χ1v) is 9.48. The standard InChI is InChI=1S/C22H26N2O5/c1-3-29-20-10-5-4-9-18(20)19(23-15(2)25)14-21(26)24-17-8-6-7-16(13-17)11-12-22(27)28/h4-10,13,19H,3,11-12,14H2,1-2H3,(H,23,25)(H,24,26)(H,27,28). The summed E-state index contributed by atoms with van der Waals surface area (Å²) < 4.78 is 5.63. The number of carboxylic acid groups (broad SMARTS) is 1. The molecule has 1 atom stereocenters. The Balaban J connectivity index is 2.12. The van der Waals surface area contributed by atoms with Gasteiger partial charge in [-0.1, -0.05) is 30.3 Å². The summed E-state index contributed by atoms with van der Waals surface area (Å²) in [6.07, 6.45) is 0.439. The summed E-state index contributed by atoms with van der Waals surface area (Å²) >= 11 is 0. The zero-order valence-electron chi connectivity index (χ0n) is 16.6. The fourth-order valence-electron chi connectivity index (χ4n) is 2.99. The van der Waals surface area contributed by atoms with Gasteiger partial charge in [0, 0.05) is 24.6 Å². The second-order valence-electron chi connectivity index (χ2n) is 6.57. The molecule has 7 heteroatoms. The van der Waals surface area contributed by atoms with Crippen LogP contribution < -0.4 is 15.4 Å². The van der Waals surface area contributed by atoms with Gasteiger partial charge in [-0.25, -0.2) is 0 Å².